The minimum atomic E-state index is -0.0250. The first-order valence-corrected chi connectivity index (χ1v) is 16.0. The summed E-state index contributed by atoms with van der Waals surface area (Å²) in [5.41, 5.74) is 7.06. The average Bonchev–Trinajstić information content (AvgIpc) is 3.51. The van der Waals surface area contributed by atoms with Crippen molar-refractivity contribution >= 4 is 34.7 Å². The molecule has 3 aliphatic heterocycles. The molecule has 6 rings (SSSR count). The number of likely N-dealkylation sites (N-methyl/N-ethyl adjacent to an activating group) is 1. The maximum absolute atomic E-state index is 13.9. The number of rotatable bonds is 5. The van der Waals surface area contributed by atoms with Gasteiger partial charge >= 0.3 is 0 Å². The zero-order chi connectivity index (χ0) is 30.1. The summed E-state index contributed by atoms with van der Waals surface area (Å²) in [4.78, 5) is 36.9. The number of likely N-dealkylation sites (tertiary alicyclic amines) is 1. The van der Waals surface area contributed by atoms with Gasteiger partial charge in [0.2, 0.25) is 5.91 Å². The monoisotopic (exact) mass is 598 g/mol. The zero-order valence-corrected chi connectivity index (χ0v) is 26.4. The van der Waals surface area contributed by atoms with E-state index in [1.807, 2.05) is 71.0 Å². The van der Waals surface area contributed by atoms with Crippen molar-refractivity contribution < 1.29 is 9.59 Å². The van der Waals surface area contributed by atoms with Crippen LogP contribution >= 0.6 is 12.2 Å². The van der Waals surface area contributed by atoms with Crippen molar-refractivity contribution in [1.82, 2.24) is 24.5 Å². The van der Waals surface area contributed by atoms with Crippen LogP contribution in [0.25, 0.3) is 0 Å². The minimum Gasteiger partial charge on any atom is -0.363 e. The van der Waals surface area contributed by atoms with Crippen molar-refractivity contribution in [2.24, 2.45) is 7.05 Å². The average molecular weight is 599 g/mol. The van der Waals surface area contributed by atoms with Crippen LogP contribution < -0.4 is 4.90 Å². The van der Waals surface area contributed by atoms with Crippen LogP contribution in [0.1, 0.15) is 64.0 Å². The highest BCUT2D eigenvalue weighted by Gasteiger charge is 2.34. The third-order valence-corrected chi connectivity index (χ3v) is 9.98. The second-order valence-electron chi connectivity index (χ2n) is 12.3. The van der Waals surface area contributed by atoms with Crippen LogP contribution in [-0.4, -0.2) is 87.1 Å². The quantitative estimate of drug-likeness (QED) is 0.407. The third kappa shape index (κ3) is 6.10. The number of thiocarbonyl (C=S) groups is 1. The molecule has 2 saturated heterocycles. The smallest absolute Gasteiger partial charge is 0.258 e. The van der Waals surface area contributed by atoms with Crippen LogP contribution in [-0.2, 0) is 31.2 Å². The Kier molecular flexibility index (Phi) is 8.63. The zero-order valence-electron chi connectivity index (χ0n) is 25.6. The number of fused-ring (bicyclic) bond motifs is 2. The molecule has 2 amide bonds. The van der Waals surface area contributed by atoms with Gasteiger partial charge in [-0.25, -0.2) is 0 Å². The Morgan fingerprint density at radius 1 is 0.977 bits per heavy atom. The van der Waals surface area contributed by atoms with Crippen molar-refractivity contribution in [2.75, 3.05) is 44.7 Å². The number of hydrogen-bond donors (Lipinski definition) is 0. The highest BCUT2D eigenvalue weighted by atomic mass is 32.1. The number of benzene rings is 2. The SMILES string of the molecule is Cc1cc(C(=O)N2Cc3cnn(C)c3Cc3ccccc32)ccc1CCC(=O)N1CCC[C@H]1C(=S)N1CCCN(C)CC1. The van der Waals surface area contributed by atoms with E-state index >= 15 is 0 Å². The molecule has 0 spiro atoms. The lowest BCUT2D eigenvalue weighted by Crippen LogP contribution is -2.47. The van der Waals surface area contributed by atoms with E-state index in [4.69, 9.17) is 12.2 Å². The van der Waals surface area contributed by atoms with E-state index in [1.165, 1.54) is 0 Å². The standard InChI is InChI=1S/C34H42N6O2S/c1-24-20-27(33(42)40-23-28-22-35-37(3)31(28)21-26-8-4-5-9-29(26)40)12-11-25(24)13-14-32(41)39-17-6-10-30(39)34(43)38-16-7-15-36(2)18-19-38/h4-5,8-9,11-12,20,22,30H,6-7,10,13-19,21,23H2,1-3H3/t30-/m0/s1. The van der Waals surface area contributed by atoms with Crippen LogP contribution in [0.5, 0.6) is 0 Å². The van der Waals surface area contributed by atoms with E-state index in [1.54, 1.807) is 0 Å². The molecule has 3 aliphatic rings. The van der Waals surface area contributed by atoms with E-state index in [0.29, 0.717) is 24.9 Å². The van der Waals surface area contributed by atoms with Crippen molar-refractivity contribution in [3.63, 3.8) is 0 Å². The summed E-state index contributed by atoms with van der Waals surface area (Å²) in [5, 5.41) is 4.45. The topological polar surface area (TPSA) is 64.9 Å². The number of anilines is 1. The molecule has 3 aromatic rings. The third-order valence-electron chi connectivity index (χ3n) is 9.45. The van der Waals surface area contributed by atoms with Crippen LogP contribution in [0, 0.1) is 6.92 Å². The number of aryl methyl sites for hydroxylation is 3. The Balaban J connectivity index is 1.12. The van der Waals surface area contributed by atoms with Crippen molar-refractivity contribution in [2.45, 2.75) is 58.0 Å². The molecule has 0 aliphatic carbocycles. The van der Waals surface area contributed by atoms with Crippen LogP contribution in [0.3, 0.4) is 0 Å². The van der Waals surface area contributed by atoms with Gasteiger partial charge in [0.25, 0.3) is 5.91 Å². The fourth-order valence-electron chi connectivity index (χ4n) is 6.86. The first-order valence-electron chi connectivity index (χ1n) is 15.6. The first-order chi connectivity index (χ1) is 20.8. The van der Waals surface area contributed by atoms with Crippen LogP contribution in [0.15, 0.2) is 48.7 Å². The molecule has 0 radical (unpaired) electrons. The van der Waals surface area contributed by atoms with Gasteiger partial charge in [-0.05, 0) is 81.1 Å². The fourth-order valence-corrected chi connectivity index (χ4v) is 7.29. The molecule has 0 N–H and O–H groups in total. The van der Waals surface area contributed by atoms with Crippen molar-refractivity contribution in [3.8, 4) is 0 Å². The molecule has 226 valence electrons. The molecule has 8 nitrogen and oxygen atoms in total. The lowest BCUT2D eigenvalue weighted by Gasteiger charge is -2.32. The Morgan fingerprint density at radius 2 is 1.81 bits per heavy atom. The minimum absolute atomic E-state index is 0.0250. The number of nitrogens with zero attached hydrogens (tertiary/aromatic N) is 6. The number of amides is 2. The van der Waals surface area contributed by atoms with E-state index in [9.17, 15) is 9.59 Å². The second-order valence-corrected chi connectivity index (χ2v) is 12.7. The van der Waals surface area contributed by atoms with E-state index < -0.39 is 0 Å². The lowest BCUT2D eigenvalue weighted by molar-refractivity contribution is -0.131. The van der Waals surface area contributed by atoms with Crippen LogP contribution in [0.2, 0.25) is 0 Å². The van der Waals surface area contributed by atoms with Gasteiger partial charge in [-0.3, -0.25) is 14.3 Å². The maximum Gasteiger partial charge on any atom is 0.258 e. The maximum atomic E-state index is 13.9. The molecule has 43 heavy (non-hydrogen) atoms. The largest absolute Gasteiger partial charge is 0.363 e. The molecule has 0 bridgehead atoms. The first kappa shape index (κ1) is 29.5. The Hall–Kier alpha value is -3.56. The van der Waals surface area contributed by atoms with Gasteiger partial charge in [0, 0.05) is 68.6 Å². The number of carbonyl (C=O) groups is 2. The van der Waals surface area contributed by atoms with Gasteiger partial charge < -0.3 is 19.6 Å². The predicted octanol–water partition coefficient (Wildman–Crippen LogP) is 4.37. The fraction of sp³-hybridized carbons (Fsp3) is 0.471. The van der Waals surface area contributed by atoms with E-state index in [2.05, 4.69) is 28.0 Å². The highest BCUT2D eigenvalue weighted by Crippen LogP contribution is 2.32. The van der Waals surface area contributed by atoms with E-state index in [0.717, 1.165) is 97.0 Å². The molecule has 1 atom stereocenters. The summed E-state index contributed by atoms with van der Waals surface area (Å²) in [6, 6.07) is 14.1. The van der Waals surface area contributed by atoms with Gasteiger partial charge in [0.05, 0.1) is 18.8 Å². The van der Waals surface area contributed by atoms with E-state index in [-0.39, 0.29) is 17.9 Å². The summed E-state index contributed by atoms with van der Waals surface area (Å²) in [6.45, 7) is 7.31. The number of carbonyl (C=O) groups excluding carboxylic acids is 2. The normalized spacial score (nSPS) is 19.0. The van der Waals surface area contributed by atoms with Crippen molar-refractivity contribution in [1.29, 1.82) is 0 Å². The molecular weight excluding hydrogens is 556 g/mol. The van der Waals surface area contributed by atoms with Gasteiger partial charge in [-0.15, -0.1) is 0 Å². The second kappa shape index (κ2) is 12.6. The summed E-state index contributed by atoms with van der Waals surface area (Å²) < 4.78 is 1.91. The molecule has 9 heteroatoms. The Labute approximate surface area is 260 Å². The van der Waals surface area contributed by atoms with Gasteiger partial charge in [-0.2, -0.15) is 5.10 Å². The summed E-state index contributed by atoms with van der Waals surface area (Å²) in [7, 11) is 4.12. The summed E-state index contributed by atoms with van der Waals surface area (Å²) in [6.07, 6.45) is 6.76. The molecule has 2 fully saturated rings. The highest BCUT2D eigenvalue weighted by molar-refractivity contribution is 7.80. The molecule has 1 aromatic heterocycles. The van der Waals surface area contributed by atoms with Gasteiger partial charge in [0.1, 0.15) is 4.99 Å². The number of hydrogen-bond acceptors (Lipinski definition) is 5. The number of aromatic nitrogens is 2. The summed E-state index contributed by atoms with van der Waals surface area (Å²) in [5.74, 6) is 0.146. The molecular formula is C34H42N6O2S. The Morgan fingerprint density at radius 3 is 2.65 bits per heavy atom. The van der Waals surface area contributed by atoms with Gasteiger partial charge in [0.15, 0.2) is 0 Å². The van der Waals surface area contributed by atoms with Crippen LogP contribution in [0.4, 0.5) is 5.69 Å². The lowest BCUT2D eigenvalue weighted by atomic mass is 9.99. The Bertz CT molecular complexity index is 1530. The molecule has 0 saturated carbocycles. The summed E-state index contributed by atoms with van der Waals surface area (Å²) >= 11 is 5.95. The molecule has 2 aromatic carbocycles. The number of para-hydroxylation sites is 1. The molecule has 0 unspecified atom stereocenters. The predicted molar refractivity (Wildman–Crippen MR) is 173 cm³/mol. The molecule has 4 heterocycles. The van der Waals surface area contributed by atoms with Gasteiger partial charge in [-0.1, -0.05) is 36.5 Å². The van der Waals surface area contributed by atoms with Crippen molar-refractivity contribution in [3.05, 3.63) is 82.2 Å².